The van der Waals surface area contributed by atoms with E-state index in [9.17, 15) is 4.79 Å². The van der Waals surface area contributed by atoms with Crippen LogP contribution in [0.25, 0.3) is 0 Å². The van der Waals surface area contributed by atoms with E-state index in [1.165, 1.54) is 0 Å². The summed E-state index contributed by atoms with van der Waals surface area (Å²) in [5, 5.41) is 0. The number of carbonyl (C=O) groups is 1. The van der Waals surface area contributed by atoms with Gasteiger partial charge in [0.05, 0.1) is 6.61 Å². The summed E-state index contributed by atoms with van der Waals surface area (Å²) in [7, 11) is 1.59. The van der Waals surface area contributed by atoms with Crippen molar-refractivity contribution in [3.05, 3.63) is 12.7 Å². The number of hydrogen-bond acceptors (Lipinski definition) is 2. The van der Waals surface area contributed by atoms with E-state index >= 15 is 0 Å². The maximum atomic E-state index is 12.1. The molecule has 100 valence electrons. The summed E-state index contributed by atoms with van der Waals surface area (Å²) in [6, 6.07) is 0. The minimum Gasteiger partial charge on any atom is -0.383 e. The molecule has 0 radical (unpaired) electrons. The van der Waals surface area contributed by atoms with Crippen LogP contribution >= 0.6 is 23.2 Å². The van der Waals surface area contributed by atoms with Gasteiger partial charge in [0, 0.05) is 20.2 Å². The van der Waals surface area contributed by atoms with Gasteiger partial charge in [-0.15, -0.1) is 6.58 Å². The molecule has 17 heavy (non-hydrogen) atoms. The van der Waals surface area contributed by atoms with Crippen molar-refractivity contribution in [2.24, 2.45) is 0 Å². The molecular weight excluding hydrogens is 261 g/mol. The number of alkyl halides is 2. The highest BCUT2D eigenvalue weighted by atomic mass is 35.5. The van der Waals surface area contributed by atoms with E-state index in [1.807, 2.05) is 6.92 Å². The van der Waals surface area contributed by atoms with Crippen molar-refractivity contribution in [2.45, 2.75) is 30.5 Å². The smallest absolute Gasteiger partial charge is 0.259 e. The van der Waals surface area contributed by atoms with Crippen LogP contribution < -0.4 is 0 Å². The van der Waals surface area contributed by atoms with Crippen LogP contribution in [0.15, 0.2) is 12.7 Å². The molecule has 0 rings (SSSR count). The van der Waals surface area contributed by atoms with Crippen LogP contribution in [-0.2, 0) is 9.53 Å². The molecule has 0 spiro atoms. The summed E-state index contributed by atoms with van der Waals surface area (Å²) in [6.07, 6.45) is 3.89. The Morgan fingerprint density at radius 2 is 2.18 bits per heavy atom. The third-order valence-electron chi connectivity index (χ3n) is 2.36. The van der Waals surface area contributed by atoms with Crippen LogP contribution in [-0.4, -0.2) is 41.9 Å². The van der Waals surface area contributed by atoms with Crippen LogP contribution in [0, 0.1) is 0 Å². The lowest BCUT2D eigenvalue weighted by Crippen LogP contribution is -2.43. The summed E-state index contributed by atoms with van der Waals surface area (Å²) < 4.78 is 3.61. The second kappa shape index (κ2) is 8.78. The molecule has 0 atom stereocenters. The first-order valence-electron chi connectivity index (χ1n) is 5.76. The van der Waals surface area contributed by atoms with Gasteiger partial charge >= 0.3 is 0 Å². The maximum absolute atomic E-state index is 12.1. The van der Waals surface area contributed by atoms with Crippen LogP contribution in [0.1, 0.15) is 26.2 Å². The van der Waals surface area contributed by atoms with Crippen molar-refractivity contribution >= 4 is 29.1 Å². The number of ether oxygens (including phenoxy) is 1. The molecular formula is C12H21Cl2NO2. The zero-order chi connectivity index (χ0) is 13.3. The molecule has 0 aliphatic rings. The quantitative estimate of drug-likeness (QED) is 0.480. The van der Waals surface area contributed by atoms with Crippen molar-refractivity contribution in [2.75, 3.05) is 26.8 Å². The minimum absolute atomic E-state index is 0.272. The van der Waals surface area contributed by atoms with Gasteiger partial charge in [-0.3, -0.25) is 4.79 Å². The topological polar surface area (TPSA) is 29.5 Å². The molecule has 0 aliphatic carbocycles. The van der Waals surface area contributed by atoms with Gasteiger partial charge in [0.15, 0.2) is 4.33 Å². The monoisotopic (exact) mass is 281 g/mol. The van der Waals surface area contributed by atoms with Gasteiger partial charge in [-0.25, -0.2) is 0 Å². The molecule has 0 fully saturated rings. The summed E-state index contributed by atoms with van der Waals surface area (Å²) >= 11 is 12.1. The highest BCUT2D eigenvalue weighted by Gasteiger charge is 2.36. The first-order chi connectivity index (χ1) is 7.99. The van der Waals surface area contributed by atoms with Crippen LogP contribution in [0.3, 0.4) is 0 Å². The molecule has 5 heteroatoms. The van der Waals surface area contributed by atoms with E-state index < -0.39 is 4.33 Å². The highest BCUT2D eigenvalue weighted by molar-refractivity contribution is 6.58. The number of amides is 1. The van der Waals surface area contributed by atoms with Crippen molar-refractivity contribution < 1.29 is 9.53 Å². The Bertz CT molecular complexity index is 245. The number of methoxy groups -OCH3 is 1. The first-order valence-corrected chi connectivity index (χ1v) is 6.52. The molecule has 0 aromatic carbocycles. The van der Waals surface area contributed by atoms with E-state index in [4.69, 9.17) is 27.9 Å². The Morgan fingerprint density at radius 1 is 1.53 bits per heavy atom. The Morgan fingerprint density at radius 3 is 2.65 bits per heavy atom. The largest absolute Gasteiger partial charge is 0.383 e. The summed E-state index contributed by atoms with van der Waals surface area (Å²) in [6.45, 7) is 6.99. The number of nitrogens with zero attached hydrogens (tertiary/aromatic N) is 1. The van der Waals surface area contributed by atoms with Crippen LogP contribution in [0.5, 0.6) is 0 Å². The zero-order valence-electron chi connectivity index (χ0n) is 10.5. The lowest BCUT2D eigenvalue weighted by molar-refractivity contribution is -0.132. The average Bonchev–Trinajstić information content (AvgIpc) is 2.31. The van der Waals surface area contributed by atoms with E-state index in [2.05, 4.69) is 6.58 Å². The number of rotatable bonds is 9. The summed E-state index contributed by atoms with van der Waals surface area (Å²) in [5.41, 5.74) is 0. The second-order valence-electron chi connectivity index (χ2n) is 3.84. The van der Waals surface area contributed by atoms with Gasteiger partial charge in [0.1, 0.15) is 0 Å². The molecule has 0 heterocycles. The summed E-state index contributed by atoms with van der Waals surface area (Å²) in [5.74, 6) is -0.272. The zero-order valence-corrected chi connectivity index (χ0v) is 12.1. The van der Waals surface area contributed by atoms with Gasteiger partial charge in [0.2, 0.25) is 0 Å². The third kappa shape index (κ3) is 6.29. The number of unbranched alkanes of at least 4 members (excludes halogenated alkanes) is 1. The lowest BCUT2D eigenvalue weighted by atomic mass is 10.1. The molecule has 0 aliphatic heterocycles. The Kier molecular flexibility index (Phi) is 8.66. The highest BCUT2D eigenvalue weighted by Crippen LogP contribution is 2.30. The van der Waals surface area contributed by atoms with Crippen molar-refractivity contribution in [3.8, 4) is 0 Å². The average molecular weight is 282 g/mol. The standard InChI is InChI=1S/C12H21Cl2NO2/c1-4-6-7-12(13,14)11(16)15(8-5-2)9-10-17-3/h5H,2,4,6-10H2,1,3H3. The number of halogens is 2. The fourth-order valence-electron chi connectivity index (χ4n) is 1.37. The van der Waals surface area contributed by atoms with Crippen molar-refractivity contribution in [1.82, 2.24) is 4.90 Å². The lowest BCUT2D eigenvalue weighted by Gasteiger charge is -2.28. The van der Waals surface area contributed by atoms with Crippen molar-refractivity contribution in [3.63, 3.8) is 0 Å². The number of hydrogen-bond donors (Lipinski definition) is 0. The molecule has 1 amide bonds. The molecule has 0 unspecified atom stereocenters. The van der Waals surface area contributed by atoms with Gasteiger partial charge < -0.3 is 9.64 Å². The number of carbonyl (C=O) groups excluding carboxylic acids is 1. The summed E-state index contributed by atoms with van der Waals surface area (Å²) in [4.78, 5) is 13.7. The molecule has 0 saturated heterocycles. The Hall–Kier alpha value is -0.250. The fraction of sp³-hybridized carbons (Fsp3) is 0.750. The van der Waals surface area contributed by atoms with E-state index in [1.54, 1.807) is 18.1 Å². The molecule has 0 aromatic rings. The van der Waals surface area contributed by atoms with Crippen LogP contribution in [0.2, 0.25) is 0 Å². The van der Waals surface area contributed by atoms with E-state index in [0.717, 1.165) is 12.8 Å². The molecule has 0 N–H and O–H groups in total. The predicted octanol–water partition coefficient (Wildman–Crippen LogP) is 3.01. The van der Waals surface area contributed by atoms with E-state index in [-0.39, 0.29) is 5.91 Å². The van der Waals surface area contributed by atoms with Gasteiger partial charge in [-0.2, -0.15) is 0 Å². The van der Waals surface area contributed by atoms with Crippen molar-refractivity contribution in [1.29, 1.82) is 0 Å². The van der Waals surface area contributed by atoms with Gasteiger partial charge in [-0.05, 0) is 6.42 Å². The Labute approximate surface area is 114 Å². The molecule has 3 nitrogen and oxygen atoms in total. The SMILES string of the molecule is C=CCN(CCOC)C(=O)C(Cl)(Cl)CCCC. The Balaban J connectivity index is 4.50. The first kappa shape index (κ1) is 16.8. The van der Waals surface area contributed by atoms with Crippen LogP contribution in [0.4, 0.5) is 0 Å². The van der Waals surface area contributed by atoms with E-state index in [0.29, 0.717) is 26.1 Å². The van der Waals surface area contributed by atoms with Gasteiger partial charge in [-0.1, -0.05) is 49.0 Å². The maximum Gasteiger partial charge on any atom is 0.259 e. The fourth-order valence-corrected chi connectivity index (χ4v) is 1.88. The molecule has 0 saturated carbocycles. The normalized spacial score (nSPS) is 11.3. The van der Waals surface area contributed by atoms with Gasteiger partial charge in [0.25, 0.3) is 5.91 Å². The second-order valence-corrected chi connectivity index (χ2v) is 5.32. The predicted molar refractivity (Wildman–Crippen MR) is 72.6 cm³/mol. The minimum atomic E-state index is -1.34. The third-order valence-corrected chi connectivity index (χ3v) is 3.06. The molecule has 0 aromatic heterocycles. The molecule has 0 bridgehead atoms.